The highest BCUT2D eigenvalue weighted by atomic mass is 35.5. The monoisotopic (exact) mass is 819 g/mol. The number of rotatable bonds is 10. The van der Waals surface area contributed by atoms with E-state index < -0.39 is 83.6 Å². The minimum atomic E-state index is -3.53. The van der Waals surface area contributed by atoms with E-state index in [1.807, 2.05) is 5.32 Å². The largest absolute Gasteiger partial charge is 0.378 e. The number of nitrogens with one attached hydrogen (secondary N) is 2. The Morgan fingerprint density at radius 3 is 2.37 bits per heavy atom. The second-order valence-electron chi connectivity index (χ2n) is 14.3. The van der Waals surface area contributed by atoms with Crippen molar-refractivity contribution in [1.29, 1.82) is 0 Å². The van der Waals surface area contributed by atoms with Crippen molar-refractivity contribution in [2.45, 2.75) is 69.6 Å². The number of carbonyl (C=O) groups excluding carboxylic acids is 2. The van der Waals surface area contributed by atoms with Crippen molar-refractivity contribution in [3.05, 3.63) is 93.0 Å². The Bertz CT molecular complexity index is 2500. The van der Waals surface area contributed by atoms with E-state index in [1.54, 1.807) is 0 Å². The highest BCUT2D eigenvalue weighted by Crippen LogP contribution is 2.68. The van der Waals surface area contributed by atoms with Crippen molar-refractivity contribution in [1.82, 2.24) is 29.9 Å². The summed E-state index contributed by atoms with van der Waals surface area (Å²) in [5.74, 6) is -5.13. The molecule has 3 aromatic heterocycles. The lowest BCUT2D eigenvalue weighted by molar-refractivity contribution is -0.126. The number of halogens is 9. The Hall–Kier alpha value is -5.54. The van der Waals surface area contributed by atoms with Crippen LogP contribution in [-0.2, 0) is 35.5 Å². The van der Waals surface area contributed by atoms with Gasteiger partial charge in [-0.2, -0.15) is 27.8 Å². The number of fused-ring (bicyclic) bond motifs is 4. The molecule has 10 nitrogen and oxygen atoms in total. The Kier molecular flexibility index (Phi) is 10.1. The van der Waals surface area contributed by atoms with Crippen LogP contribution in [0.5, 0.6) is 0 Å². The molecule has 2 amide bonds. The van der Waals surface area contributed by atoms with Crippen LogP contribution in [0, 0.1) is 29.4 Å². The number of benzene rings is 2. The Labute approximate surface area is 323 Å². The molecule has 0 spiro atoms. The number of aromatic nitrogens is 5. The third-order valence-corrected chi connectivity index (χ3v) is 9.89. The number of aryl methyl sites for hydroxylation is 1. The van der Waals surface area contributed by atoms with Gasteiger partial charge in [0.1, 0.15) is 40.9 Å². The van der Waals surface area contributed by atoms with Crippen LogP contribution in [0.1, 0.15) is 72.6 Å². The molecule has 0 aliphatic heterocycles. The van der Waals surface area contributed by atoms with Gasteiger partial charge in [-0.25, -0.2) is 22.5 Å². The predicted molar refractivity (Wildman–Crippen MR) is 190 cm³/mol. The first kappa shape index (κ1) is 39.7. The summed E-state index contributed by atoms with van der Waals surface area (Å²) < 4.78 is 116. The van der Waals surface area contributed by atoms with Crippen LogP contribution in [0.15, 0.2) is 42.5 Å². The maximum Gasteiger partial charge on any atom is 0.315 e. The van der Waals surface area contributed by atoms with Gasteiger partial charge < -0.3 is 15.7 Å². The van der Waals surface area contributed by atoms with Crippen molar-refractivity contribution in [3.8, 4) is 23.0 Å². The predicted octanol–water partition coefficient (Wildman–Crippen LogP) is 7.34. The van der Waals surface area contributed by atoms with Gasteiger partial charge in [0.15, 0.2) is 5.82 Å². The van der Waals surface area contributed by atoms with Crippen molar-refractivity contribution in [2.75, 3.05) is 5.32 Å². The van der Waals surface area contributed by atoms with Gasteiger partial charge in [-0.3, -0.25) is 19.0 Å². The Morgan fingerprint density at radius 2 is 1.72 bits per heavy atom. The van der Waals surface area contributed by atoms with Gasteiger partial charge in [-0.15, -0.1) is 0 Å². The molecular formula is C38H30ClF8N7O3. The molecule has 3 atom stereocenters. The molecule has 2 aromatic carbocycles. The first-order valence-electron chi connectivity index (χ1n) is 17.3. The molecule has 2 aliphatic carbocycles. The SMILES string of the molecule is Cn1nc(NC(=O)C(F)F)c2c(Cl)ccc(-c3ccc(C#CC(C)(C)O)nc3C(Cc3cc(F)cc(F)c3)NC(=O)Cn3nc(C(F)F)c4c3C(F)(F)C3CC43)c21. The highest BCUT2D eigenvalue weighted by Gasteiger charge is 2.67. The summed E-state index contributed by atoms with van der Waals surface area (Å²) in [6.45, 7) is 1.87. The molecule has 3 N–H and O–H groups in total. The lowest BCUT2D eigenvalue weighted by Crippen LogP contribution is -2.35. The van der Waals surface area contributed by atoms with Crippen LogP contribution in [0.4, 0.5) is 40.9 Å². The smallest absolute Gasteiger partial charge is 0.315 e. The van der Waals surface area contributed by atoms with E-state index in [9.17, 15) is 41.0 Å². The second-order valence-corrected chi connectivity index (χ2v) is 14.7. The van der Waals surface area contributed by atoms with Gasteiger partial charge in [0, 0.05) is 35.7 Å². The summed E-state index contributed by atoms with van der Waals surface area (Å²) >= 11 is 6.50. The number of alkyl halides is 6. The first-order valence-corrected chi connectivity index (χ1v) is 17.6. The minimum absolute atomic E-state index is 0.000264. The number of aliphatic hydroxyl groups is 1. The normalized spacial score (nSPS) is 17.3. The molecule has 3 heterocycles. The zero-order valence-electron chi connectivity index (χ0n) is 30.0. The third-order valence-electron chi connectivity index (χ3n) is 9.58. The van der Waals surface area contributed by atoms with Gasteiger partial charge in [-0.05, 0) is 74.4 Å². The average molecular weight is 820 g/mol. The van der Waals surface area contributed by atoms with E-state index in [-0.39, 0.29) is 68.2 Å². The molecule has 1 saturated carbocycles. The summed E-state index contributed by atoms with van der Waals surface area (Å²) in [6.07, 6.45) is -6.97. The highest BCUT2D eigenvalue weighted by molar-refractivity contribution is 6.37. The molecule has 19 heteroatoms. The molecule has 0 radical (unpaired) electrons. The molecule has 0 saturated heterocycles. The number of anilines is 1. The molecule has 298 valence electrons. The second kappa shape index (κ2) is 14.4. The summed E-state index contributed by atoms with van der Waals surface area (Å²) in [7, 11) is 1.43. The molecule has 0 bridgehead atoms. The van der Waals surface area contributed by atoms with E-state index in [0.717, 1.165) is 12.1 Å². The van der Waals surface area contributed by atoms with Crippen LogP contribution >= 0.6 is 11.6 Å². The van der Waals surface area contributed by atoms with Crippen LogP contribution in [-0.4, -0.2) is 53.5 Å². The van der Waals surface area contributed by atoms with E-state index >= 15 is 8.78 Å². The standard InChI is InChI=1S/C38H30ClF8N7O3/c1-37(2,57)9-8-19-4-5-20(21-6-7-24(39)28-31(21)53(3)52-35(28)50-36(56)34(44)45)29(48-19)25(12-16-10-17(40)13-18(41)11-16)49-26(55)15-54-32-27(30(51-54)33(42)43)22-14-23(22)38(32,46)47/h4-7,10-11,13,22-23,25,33-34,57H,12,14-15H2,1-3H3,(H,49,55)(H,50,52,56). The molecular weight excluding hydrogens is 790 g/mol. The number of carbonyl (C=O) groups is 2. The van der Waals surface area contributed by atoms with Gasteiger partial charge in [0.05, 0.1) is 27.7 Å². The van der Waals surface area contributed by atoms with Crippen LogP contribution in [0.2, 0.25) is 5.02 Å². The lowest BCUT2D eigenvalue weighted by atomic mass is 9.93. The van der Waals surface area contributed by atoms with E-state index in [2.05, 4.69) is 32.3 Å². The zero-order chi connectivity index (χ0) is 41.3. The van der Waals surface area contributed by atoms with Crippen molar-refractivity contribution in [3.63, 3.8) is 0 Å². The number of hydrogen-bond donors (Lipinski definition) is 3. The van der Waals surface area contributed by atoms with Crippen LogP contribution in [0.25, 0.3) is 22.0 Å². The first-order chi connectivity index (χ1) is 26.7. The number of amides is 2. The summed E-state index contributed by atoms with van der Waals surface area (Å²) in [5.41, 5.74) is -2.78. The molecule has 7 rings (SSSR count). The zero-order valence-corrected chi connectivity index (χ0v) is 30.7. The van der Waals surface area contributed by atoms with Crippen molar-refractivity contribution in [2.24, 2.45) is 13.0 Å². The molecule has 5 aromatic rings. The molecule has 2 aliphatic rings. The topological polar surface area (TPSA) is 127 Å². The van der Waals surface area contributed by atoms with Gasteiger partial charge in [0.2, 0.25) is 5.91 Å². The Morgan fingerprint density at radius 1 is 1.04 bits per heavy atom. The van der Waals surface area contributed by atoms with Crippen molar-refractivity contribution >= 4 is 40.1 Å². The van der Waals surface area contributed by atoms with Gasteiger partial charge in [0.25, 0.3) is 18.3 Å². The lowest BCUT2D eigenvalue weighted by Gasteiger charge is -2.23. The quantitative estimate of drug-likeness (QED) is 0.100. The van der Waals surface area contributed by atoms with E-state index in [0.29, 0.717) is 10.7 Å². The minimum Gasteiger partial charge on any atom is -0.378 e. The number of pyridine rings is 1. The summed E-state index contributed by atoms with van der Waals surface area (Å²) in [6, 6.07) is 7.04. The molecule has 3 unspecified atom stereocenters. The third kappa shape index (κ3) is 7.65. The van der Waals surface area contributed by atoms with Crippen molar-refractivity contribution < 1.29 is 49.8 Å². The number of hydrogen-bond acceptors (Lipinski definition) is 6. The van der Waals surface area contributed by atoms with E-state index in [1.165, 1.54) is 49.8 Å². The maximum absolute atomic E-state index is 15.4. The van der Waals surface area contributed by atoms with E-state index in [4.69, 9.17) is 11.6 Å². The van der Waals surface area contributed by atoms with Gasteiger partial charge in [-0.1, -0.05) is 23.6 Å². The fraction of sp³-hybridized carbons (Fsp3) is 0.342. The fourth-order valence-electron chi connectivity index (χ4n) is 7.24. The molecule has 1 fully saturated rings. The summed E-state index contributed by atoms with van der Waals surface area (Å²) in [4.78, 5) is 30.5. The summed E-state index contributed by atoms with van der Waals surface area (Å²) in [5, 5.41) is 22.9. The Balaban J connectivity index is 1.38. The number of nitrogens with zero attached hydrogens (tertiary/aromatic N) is 5. The fourth-order valence-corrected chi connectivity index (χ4v) is 7.48. The molecule has 57 heavy (non-hydrogen) atoms. The average Bonchev–Trinajstić information content (AvgIpc) is 3.65. The van der Waals surface area contributed by atoms with Crippen LogP contribution in [0.3, 0.4) is 0 Å². The van der Waals surface area contributed by atoms with Gasteiger partial charge >= 0.3 is 6.43 Å². The maximum atomic E-state index is 15.4. The van der Waals surface area contributed by atoms with Crippen LogP contribution < -0.4 is 10.6 Å².